The Morgan fingerprint density at radius 3 is 2.30 bits per heavy atom. The first-order valence-electron chi connectivity index (χ1n) is 2.42. The van der Waals surface area contributed by atoms with Gasteiger partial charge in [-0.1, -0.05) is 6.58 Å². The van der Waals surface area contributed by atoms with Gasteiger partial charge >= 0.3 is 0 Å². The van der Waals surface area contributed by atoms with Crippen molar-refractivity contribution in [3.8, 4) is 0 Å². The summed E-state index contributed by atoms with van der Waals surface area (Å²) in [4.78, 5) is 3.47. The number of allylic oxidation sites excluding steroid dienone is 1. The maximum Gasteiger partial charge on any atom is 0.230 e. The molecule has 3 nitrogen and oxygen atoms in total. The van der Waals surface area contributed by atoms with Crippen molar-refractivity contribution >= 4 is 22.6 Å². The third kappa shape index (κ3) is 2.23. The van der Waals surface area contributed by atoms with Gasteiger partial charge in [-0.25, -0.2) is 4.99 Å². The van der Waals surface area contributed by atoms with Crippen LogP contribution in [-0.2, 0) is 4.74 Å². The van der Waals surface area contributed by atoms with Crippen LogP contribution in [0.1, 0.15) is 0 Å². The SMILES string of the molecule is C=N/C(OC)=C(/Br)C(=C)O. The fourth-order valence-corrected chi connectivity index (χ4v) is 0.634. The number of ether oxygens (including phenoxy) is 1. The molecular formula is C6H8BrNO2. The van der Waals surface area contributed by atoms with Gasteiger partial charge in [-0.2, -0.15) is 0 Å². The number of aliphatic hydroxyl groups excluding tert-OH is 1. The molecule has 0 aliphatic rings. The van der Waals surface area contributed by atoms with E-state index in [1.54, 1.807) is 0 Å². The summed E-state index contributed by atoms with van der Waals surface area (Å²) in [6, 6.07) is 0. The Labute approximate surface area is 67.9 Å². The first-order valence-corrected chi connectivity index (χ1v) is 3.21. The fourth-order valence-electron chi connectivity index (χ4n) is 0.347. The summed E-state index contributed by atoms with van der Waals surface area (Å²) < 4.78 is 5.02. The van der Waals surface area contributed by atoms with E-state index in [1.165, 1.54) is 7.11 Å². The monoisotopic (exact) mass is 205 g/mol. The van der Waals surface area contributed by atoms with Gasteiger partial charge in [0.25, 0.3) is 0 Å². The third-order valence-electron chi connectivity index (χ3n) is 0.778. The number of aliphatic hydroxyl groups is 1. The summed E-state index contributed by atoms with van der Waals surface area (Å²) in [5, 5.41) is 8.79. The molecule has 56 valence electrons. The van der Waals surface area contributed by atoms with Crippen molar-refractivity contribution in [1.29, 1.82) is 0 Å². The van der Waals surface area contributed by atoms with Crippen LogP contribution >= 0.6 is 15.9 Å². The Hall–Kier alpha value is -0.770. The lowest BCUT2D eigenvalue weighted by molar-refractivity contribution is 0.284. The molecule has 0 aromatic rings. The van der Waals surface area contributed by atoms with E-state index < -0.39 is 0 Å². The second-order valence-corrected chi connectivity index (χ2v) is 2.22. The zero-order valence-electron chi connectivity index (χ0n) is 5.59. The summed E-state index contributed by atoms with van der Waals surface area (Å²) >= 11 is 3.00. The summed E-state index contributed by atoms with van der Waals surface area (Å²) in [5.41, 5.74) is 0. The molecule has 0 unspecified atom stereocenters. The molecule has 1 N–H and O–H groups in total. The molecule has 0 bridgehead atoms. The number of nitrogens with zero attached hydrogens (tertiary/aromatic N) is 1. The predicted molar refractivity (Wildman–Crippen MR) is 44.3 cm³/mol. The normalized spacial score (nSPS) is 11.8. The highest BCUT2D eigenvalue weighted by atomic mass is 79.9. The zero-order chi connectivity index (χ0) is 8.15. The van der Waals surface area contributed by atoms with Crippen LogP contribution < -0.4 is 0 Å². The minimum atomic E-state index is -0.135. The molecule has 4 heteroatoms. The van der Waals surface area contributed by atoms with E-state index in [4.69, 9.17) is 9.84 Å². The van der Waals surface area contributed by atoms with Gasteiger partial charge in [0.2, 0.25) is 5.88 Å². The Morgan fingerprint density at radius 1 is 1.70 bits per heavy atom. The van der Waals surface area contributed by atoms with Crippen molar-refractivity contribution in [2.24, 2.45) is 4.99 Å². The van der Waals surface area contributed by atoms with Crippen molar-refractivity contribution in [2.45, 2.75) is 0 Å². The number of rotatable bonds is 3. The van der Waals surface area contributed by atoms with Crippen LogP contribution in [0.25, 0.3) is 0 Å². The first kappa shape index (κ1) is 9.23. The van der Waals surface area contributed by atoms with Gasteiger partial charge in [0.1, 0.15) is 10.2 Å². The van der Waals surface area contributed by atoms with Crippen molar-refractivity contribution in [3.63, 3.8) is 0 Å². The average molecular weight is 206 g/mol. The van der Waals surface area contributed by atoms with Gasteiger partial charge in [0.15, 0.2) is 0 Å². The summed E-state index contributed by atoms with van der Waals surface area (Å²) in [7, 11) is 1.42. The molecule has 0 radical (unpaired) electrons. The van der Waals surface area contributed by atoms with E-state index in [0.717, 1.165) is 0 Å². The van der Waals surface area contributed by atoms with Gasteiger partial charge in [-0.15, -0.1) is 0 Å². The summed E-state index contributed by atoms with van der Waals surface area (Å²) in [5.74, 6) is 0.0803. The molecule has 0 aromatic heterocycles. The quantitative estimate of drug-likeness (QED) is 0.435. The lowest BCUT2D eigenvalue weighted by Gasteiger charge is -2.01. The molecule has 0 amide bonds. The minimum absolute atomic E-state index is 0.135. The minimum Gasteiger partial charge on any atom is -0.507 e. The zero-order valence-corrected chi connectivity index (χ0v) is 7.18. The Balaban J connectivity index is 4.59. The van der Waals surface area contributed by atoms with Crippen LogP contribution in [0.4, 0.5) is 0 Å². The van der Waals surface area contributed by atoms with Crippen molar-refractivity contribution in [2.75, 3.05) is 7.11 Å². The number of methoxy groups -OCH3 is 1. The topological polar surface area (TPSA) is 41.8 Å². The highest BCUT2D eigenvalue weighted by molar-refractivity contribution is 9.12. The van der Waals surface area contributed by atoms with Gasteiger partial charge in [0.05, 0.1) is 7.11 Å². The molecule has 0 fully saturated rings. The highest BCUT2D eigenvalue weighted by Crippen LogP contribution is 2.18. The van der Waals surface area contributed by atoms with Crippen molar-refractivity contribution in [3.05, 3.63) is 22.7 Å². The summed E-state index contributed by atoms with van der Waals surface area (Å²) in [6.45, 7) is 6.48. The molecule has 10 heavy (non-hydrogen) atoms. The Morgan fingerprint density at radius 2 is 2.20 bits per heavy atom. The maximum atomic E-state index is 8.79. The van der Waals surface area contributed by atoms with Crippen LogP contribution in [0.15, 0.2) is 27.7 Å². The summed E-state index contributed by atoms with van der Waals surface area (Å²) in [6.07, 6.45) is 0. The molecule has 0 heterocycles. The van der Waals surface area contributed by atoms with E-state index in [1.807, 2.05) is 0 Å². The fraction of sp³-hybridized carbons (Fsp3) is 0.167. The number of hydrogen-bond donors (Lipinski definition) is 1. The van der Waals surface area contributed by atoms with Gasteiger partial charge < -0.3 is 9.84 Å². The largest absolute Gasteiger partial charge is 0.507 e. The average Bonchev–Trinajstić information content (AvgIpc) is 1.90. The van der Waals surface area contributed by atoms with Crippen LogP contribution in [0.5, 0.6) is 0 Å². The smallest absolute Gasteiger partial charge is 0.230 e. The van der Waals surface area contributed by atoms with E-state index in [2.05, 4.69) is 34.2 Å². The second kappa shape index (κ2) is 4.11. The van der Waals surface area contributed by atoms with Gasteiger partial charge in [-0.05, 0) is 22.6 Å². The molecule has 0 aliphatic carbocycles. The van der Waals surface area contributed by atoms with Crippen molar-refractivity contribution in [1.82, 2.24) is 0 Å². The number of aliphatic imine (C=N–C) groups is 1. The van der Waals surface area contributed by atoms with E-state index in [9.17, 15) is 0 Å². The van der Waals surface area contributed by atoms with Gasteiger partial charge in [-0.3, -0.25) is 0 Å². The Bertz CT molecular complexity index is 186. The van der Waals surface area contributed by atoms with Gasteiger partial charge in [0, 0.05) is 0 Å². The standard InChI is InChI=1S/C6H8BrNO2/c1-4(9)5(7)6(8-2)10-3/h9H,1-2H2,3H3/b6-5-. The molecule has 0 atom stereocenters. The number of hydrogen-bond acceptors (Lipinski definition) is 3. The van der Waals surface area contributed by atoms with Crippen LogP contribution in [-0.4, -0.2) is 18.9 Å². The van der Waals surface area contributed by atoms with E-state index in [-0.39, 0.29) is 11.6 Å². The predicted octanol–water partition coefficient (Wildman–Crippen LogP) is 1.97. The van der Waals surface area contributed by atoms with Crippen LogP contribution in [0.2, 0.25) is 0 Å². The highest BCUT2D eigenvalue weighted by Gasteiger charge is 2.03. The molecule has 0 saturated heterocycles. The molecule has 0 aliphatic heterocycles. The first-order chi connectivity index (χ1) is 4.63. The molecular weight excluding hydrogens is 198 g/mol. The van der Waals surface area contributed by atoms with Crippen LogP contribution in [0.3, 0.4) is 0 Å². The Kier molecular flexibility index (Phi) is 3.79. The van der Waals surface area contributed by atoms with E-state index in [0.29, 0.717) is 4.48 Å². The van der Waals surface area contributed by atoms with E-state index >= 15 is 0 Å². The van der Waals surface area contributed by atoms with Crippen molar-refractivity contribution < 1.29 is 9.84 Å². The second-order valence-electron chi connectivity index (χ2n) is 1.43. The molecule has 0 rings (SSSR count). The molecule has 0 spiro atoms. The lowest BCUT2D eigenvalue weighted by Crippen LogP contribution is -1.87. The molecule has 0 aromatic carbocycles. The maximum absolute atomic E-state index is 8.79. The third-order valence-corrected chi connectivity index (χ3v) is 1.57. The van der Waals surface area contributed by atoms with Crippen LogP contribution in [0, 0.1) is 0 Å². The number of halogens is 1. The molecule has 0 saturated carbocycles. The lowest BCUT2D eigenvalue weighted by atomic mass is 10.5.